The van der Waals surface area contributed by atoms with Gasteiger partial charge in [-0.25, -0.2) is 4.39 Å². The highest BCUT2D eigenvalue weighted by Crippen LogP contribution is 2.29. The van der Waals surface area contributed by atoms with Crippen molar-refractivity contribution in [3.05, 3.63) is 30.1 Å². The quantitative estimate of drug-likeness (QED) is 0.855. The number of nitrogens with zero attached hydrogens (tertiary/aromatic N) is 2. The number of carbonyl (C=O) groups excluding carboxylic acids is 1. The van der Waals surface area contributed by atoms with Crippen molar-refractivity contribution in [1.29, 1.82) is 0 Å². The minimum Gasteiger partial charge on any atom is -0.484 e. The van der Waals surface area contributed by atoms with Crippen molar-refractivity contribution >= 4 is 5.91 Å². The first-order chi connectivity index (χ1) is 10.6. The number of likely N-dealkylation sites (N-methyl/N-ethyl adjacent to an activating group) is 1. The van der Waals surface area contributed by atoms with Gasteiger partial charge < -0.3 is 14.5 Å². The molecule has 0 radical (unpaired) electrons. The van der Waals surface area contributed by atoms with E-state index in [0.29, 0.717) is 17.8 Å². The number of carbonyl (C=O) groups is 1. The van der Waals surface area contributed by atoms with Crippen molar-refractivity contribution in [2.24, 2.45) is 0 Å². The lowest BCUT2D eigenvalue weighted by Gasteiger charge is -2.33. The lowest BCUT2D eigenvalue weighted by Crippen LogP contribution is -2.48. The molecule has 0 aliphatic carbocycles. The zero-order valence-corrected chi connectivity index (χ0v) is 13.0. The number of hydrogen-bond acceptors (Lipinski definition) is 3. The van der Waals surface area contributed by atoms with E-state index in [2.05, 4.69) is 11.9 Å². The first kappa shape index (κ1) is 15.3. The Labute approximate surface area is 130 Å². The number of hydrogen-bond donors (Lipinski definition) is 0. The van der Waals surface area contributed by atoms with Crippen molar-refractivity contribution in [2.75, 3.05) is 26.7 Å². The summed E-state index contributed by atoms with van der Waals surface area (Å²) in [6.45, 7) is 1.90. The zero-order chi connectivity index (χ0) is 15.5. The Morgan fingerprint density at radius 3 is 2.77 bits per heavy atom. The van der Waals surface area contributed by atoms with E-state index in [1.807, 2.05) is 4.90 Å². The molecule has 22 heavy (non-hydrogen) atoms. The van der Waals surface area contributed by atoms with Crippen LogP contribution in [-0.2, 0) is 4.79 Å². The molecule has 1 aromatic rings. The fourth-order valence-corrected chi connectivity index (χ4v) is 3.71. The first-order valence-corrected chi connectivity index (χ1v) is 8.03. The zero-order valence-electron chi connectivity index (χ0n) is 13.0. The molecule has 2 fully saturated rings. The fraction of sp³-hybridized carbons (Fsp3) is 0.588. The van der Waals surface area contributed by atoms with E-state index in [1.165, 1.54) is 18.6 Å². The number of likely N-dealkylation sites (tertiary alicyclic amines) is 2. The van der Waals surface area contributed by atoms with E-state index in [4.69, 9.17) is 4.74 Å². The average Bonchev–Trinajstić information content (AvgIpc) is 3.13. The van der Waals surface area contributed by atoms with Gasteiger partial charge in [-0.05, 0) is 51.4 Å². The summed E-state index contributed by atoms with van der Waals surface area (Å²) >= 11 is 0. The summed E-state index contributed by atoms with van der Waals surface area (Å²) in [5, 5.41) is 0. The van der Waals surface area contributed by atoms with Crippen LogP contribution >= 0.6 is 0 Å². The highest BCUT2D eigenvalue weighted by atomic mass is 19.1. The molecule has 0 aromatic heterocycles. The molecule has 2 heterocycles. The Hall–Kier alpha value is -1.62. The molecule has 1 aromatic carbocycles. The molecule has 120 valence electrons. The summed E-state index contributed by atoms with van der Waals surface area (Å²) < 4.78 is 18.6. The van der Waals surface area contributed by atoms with Gasteiger partial charge in [0.25, 0.3) is 5.91 Å². The van der Waals surface area contributed by atoms with Crippen LogP contribution in [0.4, 0.5) is 4.39 Å². The maximum Gasteiger partial charge on any atom is 0.260 e. The van der Waals surface area contributed by atoms with Crippen molar-refractivity contribution in [1.82, 2.24) is 9.80 Å². The van der Waals surface area contributed by atoms with Crippen LogP contribution < -0.4 is 4.74 Å². The van der Waals surface area contributed by atoms with Crippen LogP contribution in [0.15, 0.2) is 24.3 Å². The maximum absolute atomic E-state index is 13.1. The lowest BCUT2D eigenvalue weighted by atomic mass is 10.0. The third kappa shape index (κ3) is 3.24. The topological polar surface area (TPSA) is 32.8 Å². The SMILES string of the molecule is CN1CCCC1C1CCCN1C(=O)COc1cccc(F)c1. The van der Waals surface area contributed by atoms with Gasteiger partial charge in [0.1, 0.15) is 11.6 Å². The molecule has 1 amide bonds. The lowest BCUT2D eigenvalue weighted by molar-refractivity contribution is -0.135. The van der Waals surface area contributed by atoms with Gasteiger partial charge in [-0.15, -0.1) is 0 Å². The van der Waals surface area contributed by atoms with Gasteiger partial charge in [0, 0.05) is 24.7 Å². The molecule has 0 spiro atoms. The smallest absolute Gasteiger partial charge is 0.260 e. The summed E-state index contributed by atoms with van der Waals surface area (Å²) in [6.07, 6.45) is 4.50. The van der Waals surface area contributed by atoms with Gasteiger partial charge in [-0.2, -0.15) is 0 Å². The fourth-order valence-electron chi connectivity index (χ4n) is 3.71. The highest BCUT2D eigenvalue weighted by Gasteiger charge is 2.38. The molecule has 5 heteroatoms. The third-order valence-electron chi connectivity index (χ3n) is 4.80. The van der Waals surface area contributed by atoms with E-state index in [9.17, 15) is 9.18 Å². The summed E-state index contributed by atoms with van der Waals surface area (Å²) in [4.78, 5) is 16.8. The highest BCUT2D eigenvalue weighted by molar-refractivity contribution is 5.78. The van der Waals surface area contributed by atoms with Gasteiger partial charge in [-0.3, -0.25) is 4.79 Å². The van der Waals surface area contributed by atoms with Crippen molar-refractivity contribution in [2.45, 2.75) is 37.8 Å². The summed E-state index contributed by atoms with van der Waals surface area (Å²) in [5.74, 6) is 0.0609. The van der Waals surface area contributed by atoms with Crippen LogP contribution in [0.1, 0.15) is 25.7 Å². The predicted molar refractivity (Wildman–Crippen MR) is 82.3 cm³/mol. The van der Waals surface area contributed by atoms with Gasteiger partial charge in [0.15, 0.2) is 6.61 Å². The second-order valence-electron chi connectivity index (χ2n) is 6.23. The van der Waals surface area contributed by atoms with Gasteiger partial charge >= 0.3 is 0 Å². The minimum absolute atomic E-state index is 0.00654. The van der Waals surface area contributed by atoms with E-state index in [-0.39, 0.29) is 18.3 Å². The molecule has 0 bridgehead atoms. The molecule has 2 saturated heterocycles. The first-order valence-electron chi connectivity index (χ1n) is 8.03. The molecule has 2 unspecified atom stereocenters. The average molecular weight is 306 g/mol. The van der Waals surface area contributed by atoms with Crippen LogP contribution in [0.3, 0.4) is 0 Å². The molecule has 3 rings (SSSR count). The van der Waals surface area contributed by atoms with Crippen LogP contribution in [0.25, 0.3) is 0 Å². The Morgan fingerprint density at radius 1 is 1.27 bits per heavy atom. The number of ether oxygens (including phenoxy) is 1. The number of benzene rings is 1. The summed E-state index contributed by atoms with van der Waals surface area (Å²) in [5.41, 5.74) is 0. The van der Waals surface area contributed by atoms with Crippen LogP contribution in [0.2, 0.25) is 0 Å². The van der Waals surface area contributed by atoms with E-state index >= 15 is 0 Å². The van der Waals surface area contributed by atoms with Gasteiger partial charge in [-0.1, -0.05) is 6.07 Å². The van der Waals surface area contributed by atoms with E-state index < -0.39 is 0 Å². The van der Waals surface area contributed by atoms with Gasteiger partial charge in [0.2, 0.25) is 0 Å². The number of amides is 1. The number of halogens is 1. The summed E-state index contributed by atoms with van der Waals surface area (Å²) in [7, 11) is 2.14. The molecular formula is C17H23FN2O2. The van der Waals surface area contributed by atoms with Crippen LogP contribution in [0.5, 0.6) is 5.75 Å². The molecule has 2 aliphatic rings. The van der Waals surface area contributed by atoms with E-state index in [1.54, 1.807) is 12.1 Å². The van der Waals surface area contributed by atoms with Crippen molar-refractivity contribution in [3.63, 3.8) is 0 Å². The van der Waals surface area contributed by atoms with Crippen LogP contribution in [-0.4, -0.2) is 54.5 Å². The molecule has 4 nitrogen and oxygen atoms in total. The molecule has 0 saturated carbocycles. The Balaban J connectivity index is 1.59. The normalized spacial score (nSPS) is 25.6. The minimum atomic E-state index is -0.350. The Morgan fingerprint density at radius 2 is 2.05 bits per heavy atom. The molecule has 2 atom stereocenters. The van der Waals surface area contributed by atoms with Crippen molar-refractivity contribution < 1.29 is 13.9 Å². The van der Waals surface area contributed by atoms with Crippen LogP contribution in [0, 0.1) is 5.82 Å². The number of rotatable bonds is 4. The monoisotopic (exact) mass is 306 g/mol. The van der Waals surface area contributed by atoms with Gasteiger partial charge in [0.05, 0.1) is 0 Å². The predicted octanol–water partition coefficient (Wildman–Crippen LogP) is 2.29. The van der Waals surface area contributed by atoms with E-state index in [0.717, 1.165) is 32.4 Å². The molecule has 0 N–H and O–H groups in total. The largest absolute Gasteiger partial charge is 0.484 e. The second-order valence-corrected chi connectivity index (χ2v) is 6.23. The molecule has 2 aliphatic heterocycles. The third-order valence-corrected chi connectivity index (χ3v) is 4.80. The second kappa shape index (κ2) is 6.65. The molecular weight excluding hydrogens is 283 g/mol. The maximum atomic E-state index is 13.1. The summed E-state index contributed by atoms with van der Waals surface area (Å²) in [6, 6.07) is 6.70. The Bertz CT molecular complexity index is 537. The Kier molecular flexibility index (Phi) is 4.62. The van der Waals surface area contributed by atoms with Crippen molar-refractivity contribution in [3.8, 4) is 5.75 Å². The standard InChI is InChI=1S/C17H23FN2O2/c1-19-9-3-7-15(19)16-8-4-10-20(16)17(21)12-22-14-6-2-5-13(18)11-14/h2,5-6,11,15-16H,3-4,7-10,12H2,1H3.